The first-order valence-corrected chi connectivity index (χ1v) is 8.95. The predicted octanol–water partition coefficient (Wildman–Crippen LogP) is 4.67. The molecule has 0 aliphatic carbocycles. The van der Waals surface area contributed by atoms with Crippen LogP contribution in [-0.4, -0.2) is 26.4 Å². The second-order valence-electron chi connectivity index (χ2n) is 5.38. The number of carbonyl (C=O) groups excluding carboxylic acids is 1. The SMILES string of the molecule is O=C(CSc1nncn1-c1cccc(Cl)c1)Nc1ccc(C(F)(F)F)cc1. The average molecular weight is 413 g/mol. The van der Waals surface area contributed by atoms with E-state index in [9.17, 15) is 18.0 Å². The minimum absolute atomic E-state index is 0.0142. The highest BCUT2D eigenvalue weighted by Gasteiger charge is 2.29. The fourth-order valence-corrected chi connectivity index (χ4v) is 3.11. The second-order valence-corrected chi connectivity index (χ2v) is 6.75. The van der Waals surface area contributed by atoms with Crippen molar-refractivity contribution < 1.29 is 18.0 Å². The fourth-order valence-electron chi connectivity index (χ4n) is 2.20. The van der Waals surface area contributed by atoms with Crippen molar-refractivity contribution >= 4 is 35.0 Å². The van der Waals surface area contributed by atoms with Gasteiger partial charge in [0.25, 0.3) is 0 Å². The first-order chi connectivity index (χ1) is 12.8. The molecule has 10 heteroatoms. The molecule has 0 unspecified atom stereocenters. The van der Waals surface area contributed by atoms with Crippen molar-refractivity contribution in [3.05, 3.63) is 65.4 Å². The molecule has 1 heterocycles. The number of anilines is 1. The third-order valence-electron chi connectivity index (χ3n) is 3.43. The highest BCUT2D eigenvalue weighted by Crippen LogP contribution is 2.30. The highest BCUT2D eigenvalue weighted by atomic mass is 35.5. The lowest BCUT2D eigenvalue weighted by Gasteiger charge is -2.09. The van der Waals surface area contributed by atoms with Gasteiger partial charge in [-0.05, 0) is 42.5 Å². The van der Waals surface area contributed by atoms with E-state index in [2.05, 4.69) is 15.5 Å². The number of rotatable bonds is 5. The lowest BCUT2D eigenvalue weighted by atomic mass is 10.2. The molecule has 0 bridgehead atoms. The quantitative estimate of drug-likeness (QED) is 0.619. The molecule has 1 amide bonds. The summed E-state index contributed by atoms with van der Waals surface area (Å²) in [5, 5.41) is 11.4. The summed E-state index contributed by atoms with van der Waals surface area (Å²) < 4.78 is 39.3. The van der Waals surface area contributed by atoms with Crippen LogP contribution in [0.4, 0.5) is 18.9 Å². The summed E-state index contributed by atoms with van der Waals surface area (Å²) in [5.41, 5.74) is 0.257. The summed E-state index contributed by atoms with van der Waals surface area (Å²) in [6, 6.07) is 11.3. The van der Waals surface area contributed by atoms with Crippen LogP contribution in [0.25, 0.3) is 5.69 Å². The molecule has 0 fully saturated rings. The van der Waals surface area contributed by atoms with E-state index in [0.717, 1.165) is 29.6 Å². The average Bonchev–Trinajstić information content (AvgIpc) is 3.08. The Morgan fingerprint density at radius 3 is 2.59 bits per heavy atom. The molecular formula is C17H12ClF3N4OS. The summed E-state index contributed by atoms with van der Waals surface area (Å²) in [5.74, 6) is -0.360. The van der Waals surface area contributed by atoms with Crippen molar-refractivity contribution in [3.8, 4) is 5.69 Å². The number of alkyl halides is 3. The van der Waals surface area contributed by atoms with Gasteiger partial charge in [0.1, 0.15) is 6.33 Å². The van der Waals surface area contributed by atoms with Gasteiger partial charge in [0.05, 0.1) is 17.0 Å². The Bertz CT molecular complexity index is 944. The summed E-state index contributed by atoms with van der Waals surface area (Å²) in [6.45, 7) is 0. The molecule has 0 aliphatic rings. The molecule has 1 aromatic heterocycles. The highest BCUT2D eigenvalue weighted by molar-refractivity contribution is 7.99. The Kier molecular flexibility index (Phi) is 5.71. The van der Waals surface area contributed by atoms with Gasteiger partial charge in [-0.1, -0.05) is 29.4 Å². The zero-order valence-corrected chi connectivity index (χ0v) is 15.1. The van der Waals surface area contributed by atoms with Crippen LogP contribution in [-0.2, 0) is 11.0 Å². The van der Waals surface area contributed by atoms with Crippen LogP contribution in [0.3, 0.4) is 0 Å². The van der Waals surface area contributed by atoms with Crippen molar-refractivity contribution in [1.82, 2.24) is 14.8 Å². The van der Waals surface area contributed by atoms with Gasteiger partial charge < -0.3 is 5.32 Å². The van der Waals surface area contributed by atoms with E-state index >= 15 is 0 Å². The number of benzene rings is 2. The Balaban J connectivity index is 1.61. The fraction of sp³-hybridized carbons (Fsp3) is 0.118. The number of thioether (sulfide) groups is 1. The van der Waals surface area contributed by atoms with E-state index in [4.69, 9.17) is 11.6 Å². The van der Waals surface area contributed by atoms with E-state index < -0.39 is 11.7 Å². The van der Waals surface area contributed by atoms with E-state index in [1.54, 1.807) is 22.8 Å². The molecule has 27 heavy (non-hydrogen) atoms. The number of hydrogen-bond donors (Lipinski definition) is 1. The molecule has 0 spiro atoms. The van der Waals surface area contributed by atoms with E-state index in [-0.39, 0.29) is 17.3 Å². The van der Waals surface area contributed by atoms with Crippen LogP contribution in [0, 0.1) is 0 Å². The smallest absolute Gasteiger partial charge is 0.325 e. The van der Waals surface area contributed by atoms with Gasteiger partial charge >= 0.3 is 6.18 Å². The Labute approximate surface area is 161 Å². The zero-order valence-electron chi connectivity index (χ0n) is 13.6. The first-order valence-electron chi connectivity index (χ1n) is 7.59. The molecule has 3 rings (SSSR count). The maximum Gasteiger partial charge on any atom is 0.416 e. The topological polar surface area (TPSA) is 59.8 Å². The molecule has 3 aromatic rings. The molecule has 0 radical (unpaired) electrons. The standard InChI is InChI=1S/C17H12ClF3N4OS/c18-12-2-1-3-14(8-12)25-10-22-24-16(25)27-9-15(26)23-13-6-4-11(5-7-13)17(19,20)21/h1-8,10H,9H2,(H,23,26). The third kappa shape index (κ3) is 5.01. The van der Waals surface area contributed by atoms with Crippen molar-refractivity contribution in [3.63, 3.8) is 0 Å². The predicted molar refractivity (Wildman–Crippen MR) is 97.2 cm³/mol. The molecule has 0 saturated carbocycles. The molecular weight excluding hydrogens is 401 g/mol. The molecule has 0 aliphatic heterocycles. The molecule has 0 atom stereocenters. The first kappa shape index (κ1) is 19.2. The molecule has 0 saturated heterocycles. The van der Waals surface area contributed by atoms with E-state index in [1.165, 1.54) is 18.5 Å². The third-order valence-corrected chi connectivity index (χ3v) is 4.61. The van der Waals surface area contributed by atoms with Gasteiger partial charge in [-0.25, -0.2) is 0 Å². The molecule has 140 valence electrons. The second kappa shape index (κ2) is 8.01. The molecule has 2 aromatic carbocycles. The number of nitrogens with zero attached hydrogens (tertiary/aromatic N) is 3. The largest absolute Gasteiger partial charge is 0.416 e. The minimum atomic E-state index is -4.41. The van der Waals surface area contributed by atoms with Gasteiger partial charge in [0, 0.05) is 10.7 Å². The zero-order chi connectivity index (χ0) is 19.4. The van der Waals surface area contributed by atoms with Crippen LogP contribution in [0.5, 0.6) is 0 Å². The normalized spacial score (nSPS) is 11.4. The lowest BCUT2D eigenvalue weighted by Crippen LogP contribution is -2.15. The van der Waals surface area contributed by atoms with Crippen LogP contribution in [0.1, 0.15) is 5.56 Å². The summed E-state index contributed by atoms with van der Waals surface area (Å²) in [4.78, 5) is 12.1. The van der Waals surface area contributed by atoms with Gasteiger partial charge in [0.2, 0.25) is 5.91 Å². The van der Waals surface area contributed by atoms with Gasteiger partial charge in [-0.2, -0.15) is 13.2 Å². The minimum Gasteiger partial charge on any atom is -0.325 e. The number of halogens is 4. The molecule has 5 nitrogen and oxygen atoms in total. The van der Waals surface area contributed by atoms with Crippen molar-refractivity contribution in [2.75, 3.05) is 11.1 Å². The van der Waals surface area contributed by atoms with Crippen molar-refractivity contribution in [2.45, 2.75) is 11.3 Å². The van der Waals surface area contributed by atoms with Crippen LogP contribution in [0.2, 0.25) is 5.02 Å². The Morgan fingerprint density at radius 2 is 1.93 bits per heavy atom. The van der Waals surface area contributed by atoms with Gasteiger partial charge in [-0.3, -0.25) is 9.36 Å². The monoisotopic (exact) mass is 412 g/mol. The maximum absolute atomic E-state index is 12.5. The summed E-state index contributed by atoms with van der Waals surface area (Å²) >= 11 is 7.12. The number of carbonyl (C=O) groups is 1. The van der Waals surface area contributed by atoms with E-state index in [1.807, 2.05) is 6.07 Å². The van der Waals surface area contributed by atoms with Gasteiger partial charge in [-0.15, -0.1) is 10.2 Å². The summed E-state index contributed by atoms with van der Waals surface area (Å²) in [7, 11) is 0. The Morgan fingerprint density at radius 1 is 1.19 bits per heavy atom. The molecule has 1 N–H and O–H groups in total. The van der Waals surface area contributed by atoms with Crippen LogP contribution in [0.15, 0.2) is 60.0 Å². The lowest BCUT2D eigenvalue weighted by molar-refractivity contribution is -0.137. The van der Waals surface area contributed by atoms with Crippen molar-refractivity contribution in [1.29, 1.82) is 0 Å². The Hall–Kier alpha value is -2.52. The van der Waals surface area contributed by atoms with Crippen LogP contribution >= 0.6 is 23.4 Å². The number of aromatic nitrogens is 3. The van der Waals surface area contributed by atoms with Gasteiger partial charge in [0.15, 0.2) is 5.16 Å². The number of hydrogen-bond acceptors (Lipinski definition) is 4. The maximum atomic E-state index is 12.5. The number of amides is 1. The van der Waals surface area contributed by atoms with Crippen molar-refractivity contribution in [2.24, 2.45) is 0 Å². The summed E-state index contributed by atoms with van der Waals surface area (Å²) in [6.07, 6.45) is -2.91. The number of nitrogens with one attached hydrogen (secondary N) is 1. The van der Waals surface area contributed by atoms with E-state index in [0.29, 0.717) is 10.2 Å². The van der Waals surface area contributed by atoms with Crippen LogP contribution < -0.4 is 5.32 Å².